The van der Waals surface area contributed by atoms with Gasteiger partial charge in [-0.2, -0.15) is 0 Å². The summed E-state index contributed by atoms with van der Waals surface area (Å²) in [6.45, 7) is 3.61. The van der Waals surface area contributed by atoms with E-state index in [0.29, 0.717) is 5.69 Å². The molecule has 0 saturated heterocycles. The highest BCUT2D eigenvalue weighted by molar-refractivity contribution is 5.96. The highest BCUT2D eigenvalue weighted by atomic mass is 16.4. The van der Waals surface area contributed by atoms with Gasteiger partial charge in [0.15, 0.2) is 0 Å². The molecule has 0 atom stereocenters. The van der Waals surface area contributed by atoms with Crippen molar-refractivity contribution in [1.82, 2.24) is 0 Å². The molecular weight excluding hydrogens is 218 g/mol. The predicted octanol–water partition coefficient (Wildman–Crippen LogP) is 2.35. The Morgan fingerprint density at radius 3 is 2.47 bits per heavy atom. The molecule has 4 heteroatoms. The van der Waals surface area contributed by atoms with Crippen molar-refractivity contribution in [2.75, 3.05) is 5.32 Å². The molecule has 90 valence electrons. The third-order valence-corrected chi connectivity index (χ3v) is 3.11. The minimum atomic E-state index is -0.965. The molecule has 0 spiro atoms. The van der Waals surface area contributed by atoms with E-state index in [1.807, 2.05) is 13.0 Å². The van der Waals surface area contributed by atoms with E-state index in [-0.39, 0.29) is 17.4 Å². The Kier molecular flexibility index (Phi) is 2.88. The number of carbonyl (C=O) groups is 2. The number of rotatable bonds is 3. The number of carboxylic acids is 1. The van der Waals surface area contributed by atoms with Crippen LogP contribution in [0.2, 0.25) is 0 Å². The molecule has 17 heavy (non-hydrogen) atoms. The molecule has 1 aliphatic rings. The molecule has 1 aliphatic carbocycles. The van der Waals surface area contributed by atoms with Gasteiger partial charge >= 0.3 is 5.97 Å². The second kappa shape index (κ2) is 4.20. The summed E-state index contributed by atoms with van der Waals surface area (Å²) in [4.78, 5) is 22.6. The van der Waals surface area contributed by atoms with Crippen LogP contribution in [0.4, 0.5) is 5.69 Å². The average molecular weight is 233 g/mol. The number of hydrogen-bond acceptors (Lipinski definition) is 2. The fourth-order valence-corrected chi connectivity index (χ4v) is 1.74. The van der Waals surface area contributed by atoms with Gasteiger partial charge in [0.25, 0.3) is 0 Å². The third kappa shape index (κ3) is 2.46. The molecule has 0 unspecified atom stereocenters. The number of benzene rings is 1. The second-order valence-corrected chi connectivity index (χ2v) is 4.53. The molecule has 0 aromatic heterocycles. The van der Waals surface area contributed by atoms with Crippen molar-refractivity contribution in [1.29, 1.82) is 0 Å². The van der Waals surface area contributed by atoms with Crippen LogP contribution in [-0.4, -0.2) is 17.0 Å². The van der Waals surface area contributed by atoms with E-state index in [2.05, 4.69) is 5.32 Å². The highest BCUT2D eigenvalue weighted by Crippen LogP contribution is 2.30. The lowest BCUT2D eigenvalue weighted by molar-refractivity contribution is -0.117. The zero-order valence-electron chi connectivity index (χ0n) is 9.91. The molecule has 1 amide bonds. The smallest absolute Gasteiger partial charge is 0.336 e. The first-order valence-corrected chi connectivity index (χ1v) is 5.64. The van der Waals surface area contributed by atoms with Gasteiger partial charge in [0.1, 0.15) is 0 Å². The van der Waals surface area contributed by atoms with Crippen LogP contribution in [0.5, 0.6) is 0 Å². The Hall–Kier alpha value is -1.84. The fourth-order valence-electron chi connectivity index (χ4n) is 1.74. The van der Waals surface area contributed by atoms with Gasteiger partial charge < -0.3 is 10.4 Å². The maximum atomic E-state index is 11.6. The van der Waals surface area contributed by atoms with Gasteiger partial charge in [-0.1, -0.05) is 0 Å². The maximum absolute atomic E-state index is 11.6. The lowest BCUT2D eigenvalue weighted by atomic mass is 10.0. The van der Waals surface area contributed by atoms with E-state index in [9.17, 15) is 9.59 Å². The number of aryl methyl sites for hydroxylation is 1. The number of hydrogen-bond donors (Lipinski definition) is 2. The fraction of sp³-hybridized carbons (Fsp3) is 0.385. The van der Waals surface area contributed by atoms with Gasteiger partial charge in [-0.05, 0) is 49.9 Å². The van der Waals surface area contributed by atoms with Crippen LogP contribution in [0, 0.1) is 19.8 Å². The minimum Gasteiger partial charge on any atom is -0.478 e. The number of anilines is 1. The van der Waals surface area contributed by atoms with Crippen molar-refractivity contribution in [3.8, 4) is 0 Å². The van der Waals surface area contributed by atoms with Gasteiger partial charge in [0.2, 0.25) is 5.91 Å². The number of amides is 1. The van der Waals surface area contributed by atoms with Crippen LogP contribution in [0.25, 0.3) is 0 Å². The quantitative estimate of drug-likeness (QED) is 0.842. The van der Waals surface area contributed by atoms with Gasteiger partial charge in [0.05, 0.1) is 5.56 Å². The van der Waals surface area contributed by atoms with Gasteiger partial charge in [-0.3, -0.25) is 4.79 Å². The highest BCUT2D eigenvalue weighted by Gasteiger charge is 2.29. The molecule has 4 nitrogen and oxygen atoms in total. The lowest BCUT2D eigenvalue weighted by Gasteiger charge is -2.10. The zero-order valence-corrected chi connectivity index (χ0v) is 9.91. The summed E-state index contributed by atoms with van der Waals surface area (Å²) in [5.74, 6) is -0.859. The van der Waals surface area contributed by atoms with Crippen molar-refractivity contribution in [3.63, 3.8) is 0 Å². The van der Waals surface area contributed by atoms with Crippen molar-refractivity contribution in [2.45, 2.75) is 26.7 Å². The summed E-state index contributed by atoms with van der Waals surface area (Å²) in [5.41, 5.74) is 2.43. The zero-order chi connectivity index (χ0) is 12.6. The van der Waals surface area contributed by atoms with Crippen molar-refractivity contribution >= 4 is 17.6 Å². The predicted molar refractivity (Wildman–Crippen MR) is 64.2 cm³/mol. The van der Waals surface area contributed by atoms with Crippen LogP contribution in [0.1, 0.15) is 34.3 Å². The van der Waals surface area contributed by atoms with Crippen molar-refractivity contribution in [2.24, 2.45) is 5.92 Å². The molecule has 1 saturated carbocycles. The van der Waals surface area contributed by atoms with Gasteiger partial charge in [-0.15, -0.1) is 0 Å². The molecule has 0 heterocycles. The molecule has 0 aliphatic heterocycles. The van der Waals surface area contributed by atoms with Crippen LogP contribution >= 0.6 is 0 Å². The Balaban J connectivity index is 2.28. The number of nitrogens with one attached hydrogen (secondary N) is 1. The first-order valence-electron chi connectivity index (χ1n) is 5.64. The summed E-state index contributed by atoms with van der Waals surface area (Å²) < 4.78 is 0. The Morgan fingerprint density at radius 2 is 1.94 bits per heavy atom. The molecule has 2 N–H and O–H groups in total. The summed E-state index contributed by atoms with van der Waals surface area (Å²) in [6, 6.07) is 3.33. The molecule has 0 bridgehead atoms. The summed E-state index contributed by atoms with van der Waals surface area (Å²) >= 11 is 0. The number of carbonyl (C=O) groups excluding carboxylic acids is 1. The number of carboxylic acid groups (broad SMARTS) is 1. The van der Waals surface area contributed by atoms with Crippen LogP contribution in [-0.2, 0) is 4.79 Å². The van der Waals surface area contributed by atoms with Crippen LogP contribution in [0.15, 0.2) is 12.1 Å². The van der Waals surface area contributed by atoms with E-state index < -0.39 is 5.97 Å². The topological polar surface area (TPSA) is 66.4 Å². The van der Waals surface area contributed by atoms with E-state index >= 15 is 0 Å². The van der Waals surface area contributed by atoms with Crippen LogP contribution in [0.3, 0.4) is 0 Å². The Morgan fingerprint density at radius 1 is 1.29 bits per heavy atom. The average Bonchev–Trinajstić information content (AvgIpc) is 3.06. The molecule has 1 aromatic rings. The summed E-state index contributed by atoms with van der Waals surface area (Å²) in [5, 5.41) is 11.8. The largest absolute Gasteiger partial charge is 0.478 e. The summed E-state index contributed by atoms with van der Waals surface area (Å²) in [6.07, 6.45) is 1.87. The van der Waals surface area contributed by atoms with E-state index in [4.69, 9.17) is 5.11 Å². The van der Waals surface area contributed by atoms with E-state index in [0.717, 1.165) is 24.0 Å². The molecule has 1 aromatic carbocycles. The lowest BCUT2D eigenvalue weighted by Crippen LogP contribution is -2.14. The standard InChI is InChI=1S/C13H15NO3/c1-7-5-10(14-12(15)9-3-4-9)6-11(8(7)2)13(16)17/h5-6,9H,3-4H2,1-2H3,(H,14,15)(H,16,17). The van der Waals surface area contributed by atoms with Crippen molar-refractivity contribution < 1.29 is 14.7 Å². The molecular formula is C13H15NO3. The molecule has 0 radical (unpaired) electrons. The van der Waals surface area contributed by atoms with E-state index in [1.54, 1.807) is 6.92 Å². The first-order chi connectivity index (χ1) is 7.99. The molecule has 1 fully saturated rings. The van der Waals surface area contributed by atoms with Gasteiger partial charge in [0, 0.05) is 11.6 Å². The van der Waals surface area contributed by atoms with E-state index in [1.165, 1.54) is 6.07 Å². The third-order valence-electron chi connectivity index (χ3n) is 3.11. The number of aromatic carboxylic acids is 1. The minimum absolute atomic E-state index is 0.00964. The summed E-state index contributed by atoms with van der Waals surface area (Å²) in [7, 11) is 0. The van der Waals surface area contributed by atoms with Gasteiger partial charge in [-0.25, -0.2) is 4.79 Å². The van der Waals surface area contributed by atoms with Crippen molar-refractivity contribution in [3.05, 3.63) is 28.8 Å². The van der Waals surface area contributed by atoms with Crippen LogP contribution < -0.4 is 5.32 Å². The SMILES string of the molecule is Cc1cc(NC(=O)C2CC2)cc(C(=O)O)c1C. The maximum Gasteiger partial charge on any atom is 0.336 e. The monoisotopic (exact) mass is 233 g/mol. The Bertz CT molecular complexity index is 490. The molecule has 2 rings (SSSR count). The normalized spacial score (nSPS) is 14.5. The second-order valence-electron chi connectivity index (χ2n) is 4.53. The first kappa shape index (κ1) is 11.6. The Labute approximate surface area is 99.6 Å².